The number of aromatic nitrogens is 4. The highest BCUT2D eigenvalue weighted by Gasteiger charge is 2.15. The van der Waals surface area contributed by atoms with Crippen LogP contribution in [0.1, 0.15) is 24.5 Å². The average molecular weight is 381 g/mol. The number of ether oxygens (including phenoxy) is 1. The molecule has 0 fully saturated rings. The zero-order valence-electron chi connectivity index (χ0n) is 15.1. The van der Waals surface area contributed by atoms with Gasteiger partial charge in [-0.1, -0.05) is 18.7 Å². The smallest absolute Gasteiger partial charge is 0.270 e. The lowest BCUT2D eigenvalue weighted by Crippen LogP contribution is -2.14. The molecule has 27 heavy (non-hydrogen) atoms. The molecule has 0 aliphatic rings. The Bertz CT molecular complexity index is 1020. The van der Waals surface area contributed by atoms with Gasteiger partial charge < -0.3 is 14.3 Å². The van der Waals surface area contributed by atoms with Crippen molar-refractivity contribution >= 4 is 11.8 Å². The predicted octanol–water partition coefficient (Wildman–Crippen LogP) is 3.06. The molecule has 0 saturated carbocycles. The molecular formula is C19H19N5O2S. The van der Waals surface area contributed by atoms with E-state index < -0.39 is 5.56 Å². The molecule has 3 rings (SSSR count). The lowest BCUT2D eigenvalue weighted by molar-refractivity contribution is 0.313. The Balaban J connectivity index is 2.10. The number of thioether (sulfide) groups is 1. The summed E-state index contributed by atoms with van der Waals surface area (Å²) in [6, 6.07) is 7.57. The minimum Gasteiger partial charge on any atom is -0.493 e. The first-order valence-corrected chi connectivity index (χ1v) is 9.69. The first-order valence-electron chi connectivity index (χ1n) is 8.46. The van der Waals surface area contributed by atoms with Crippen LogP contribution in [0.5, 0.6) is 5.75 Å². The van der Waals surface area contributed by atoms with Gasteiger partial charge in [-0.15, -0.1) is 0 Å². The maximum Gasteiger partial charge on any atom is 0.270 e. The molecule has 0 radical (unpaired) electrons. The van der Waals surface area contributed by atoms with Crippen molar-refractivity contribution in [2.24, 2.45) is 0 Å². The van der Waals surface area contributed by atoms with Crippen molar-refractivity contribution in [2.45, 2.75) is 25.0 Å². The fraction of sp³-hybridized carbons (Fsp3) is 0.263. The largest absolute Gasteiger partial charge is 0.493 e. The predicted molar refractivity (Wildman–Crippen MR) is 104 cm³/mol. The van der Waals surface area contributed by atoms with Crippen molar-refractivity contribution in [3.63, 3.8) is 0 Å². The molecule has 2 aromatic heterocycles. The van der Waals surface area contributed by atoms with E-state index in [2.05, 4.69) is 15.0 Å². The average Bonchev–Trinajstić information content (AvgIpc) is 3.19. The fourth-order valence-electron chi connectivity index (χ4n) is 2.64. The van der Waals surface area contributed by atoms with E-state index >= 15 is 0 Å². The molecule has 138 valence electrons. The van der Waals surface area contributed by atoms with Gasteiger partial charge >= 0.3 is 0 Å². The minimum atomic E-state index is -0.436. The molecule has 0 atom stereocenters. The SMILES string of the molecule is CCCOc1ccc(-c2nc(SC)[nH]c(=O)c2C#N)cc1Cn1ccnc1. The number of hydrogen-bond donors (Lipinski definition) is 1. The number of nitrogens with one attached hydrogen (secondary N) is 1. The maximum atomic E-state index is 12.2. The monoisotopic (exact) mass is 381 g/mol. The molecule has 8 heteroatoms. The van der Waals surface area contributed by atoms with Crippen LogP contribution in [-0.4, -0.2) is 32.4 Å². The zero-order valence-corrected chi connectivity index (χ0v) is 15.9. The van der Waals surface area contributed by atoms with Gasteiger partial charge in [0.2, 0.25) is 0 Å². The van der Waals surface area contributed by atoms with Crippen LogP contribution < -0.4 is 10.3 Å². The summed E-state index contributed by atoms with van der Waals surface area (Å²) in [5.74, 6) is 0.766. The maximum absolute atomic E-state index is 12.2. The Hall–Kier alpha value is -3.05. The van der Waals surface area contributed by atoms with Crippen molar-refractivity contribution in [3.8, 4) is 23.1 Å². The van der Waals surface area contributed by atoms with Crippen molar-refractivity contribution < 1.29 is 4.74 Å². The van der Waals surface area contributed by atoms with Gasteiger partial charge in [-0.25, -0.2) is 9.97 Å². The van der Waals surface area contributed by atoms with Crippen LogP contribution in [0.2, 0.25) is 0 Å². The third-order valence-electron chi connectivity index (χ3n) is 3.91. The summed E-state index contributed by atoms with van der Waals surface area (Å²) in [6.45, 7) is 3.22. The summed E-state index contributed by atoms with van der Waals surface area (Å²) in [5.41, 5.74) is 1.57. The highest BCUT2D eigenvalue weighted by molar-refractivity contribution is 7.98. The standard InChI is InChI=1S/C19H19N5O2S/c1-3-8-26-16-5-4-13(9-14(16)11-24-7-6-21-12-24)17-15(10-20)18(25)23-19(22-17)27-2/h4-7,9,12H,3,8,11H2,1-2H3,(H,22,23,25). The lowest BCUT2D eigenvalue weighted by Gasteiger charge is -2.14. The molecule has 0 unspecified atom stereocenters. The normalized spacial score (nSPS) is 10.6. The van der Waals surface area contributed by atoms with E-state index in [4.69, 9.17) is 4.74 Å². The molecule has 0 aliphatic carbocycles. The van der Waals surface area contributed by atoms with Gasteiger partial charge in [0.25, 0.3) is 5.56 Å². The van der Waals surface area contributed by atoms with E-state index in [-0.39, 0.29) is 5.56 Å². The second kappa shape index (κ2) is 8.56. The van der Waals surface area contributed by atoms with E-state index in [1.165, 1.54) is 11.8 Å². The van der Waals surface area contributed by atoms with E-state index in [0.717, 1.165) is 17.7 Å². The number of aromatic amines is 1. The highest BCUT2D eigenvalue weighted by atomic mass is 32.2. The lowest BCUT2D eigenvalue weighted by atomic mass is 10.0. The van der Waals surface area contributed by atoms with Crippen LogP contribution in [0, 0.1) is 11.3 Å². The van der Waals surface area contributed by atoms with Gasteiger partial charge in [-0.3, -0.25) is 4.79 Å². The fourth-order valence-corrected chi connectivity index (χ4v) is 3.02. The molecule has 0 aliphatic heterocycles. The summed E-state index contributed by atoms with van der Waals surface area (Å²) < 4.78 is 7.79. The summed E-state index contributed by atoms with van der Waals surface area (Å²) in [4.78, 5) is 23.3. The van der Waals surface area contributed by atoms with Crippen LogP contribution in [0.15, 0.2) is 46.9 Å². The van der Waals surface area contributed by atoms with E-state index in [1.807, 2.05) is 48.2 Å². The molecule has 0 spiro atoms. The highest BCUT2D eigenvalue weighted by Crippen LogP contribution is 2.28. The molecule has 0 bridgehead atoms. The topological polar surface area (TPSA) is 96.6 Å². The van der Waals surface area contributed by atoms with E-state index in [1.54, 1.807) is 12.5 Å². The summed E-state index contributed by atoms with van der Waals surface area (Å²) in [5, 5.41) is 9.89. The summed E-state index contributed by atoms with van der Waals surface area (Å²) in [7, 11) is 0. The van der Waals surface area contributed by atoms with Crippen molar-refractivity contribution in [1.29, 1.82) is 5.26 Å². The Morgan fingerprint density at radius 2 is 2.26 bits per heavy atom. The molecule has 3 aromatic rings. The molecule has 0 saturated heterocycles. The summed E-state index contributed by atoms with van der Waals surface area (Å²) in [6.07, 6.45) is 8.04. The quantitative estimate of drug-likeness (QED) is 0.499. The Morgan fingerprint density at radius 3 is 2.93 bits per heavy atom. The Labute approximate surface area is 161 Å². The summed E-state index contributed by atoms with van der Waals surface area (Å²) >= 11 is 1.32. The Kier molecular flexibility index (Phi) is 5.94. The van der Waals surface area contributed by atoms with Gasteiger partial charge in [0.1, 0.15) is 17.4 Å². The van der Waals surface area contributed by atoms with Gasteiger partial charge in [0.05, 0.1) is 25.2 Å². The van der Waals surface area contributed by atoms with E-state index in [9.17, 15) is 10.1 Å². The van der Waals surface area contributed by atoms with Crippen LogP contribution in [0.3, 0.4) is 0 Å². The third-order valence-corrected chi connectivity index (χ3v) is 4.49. The van der Waals surface area contributed by atoms with Crippen molar-refractivity contribution in [2.75, 3.05) is 12.9 Å². The minimum absolute atomic E-state index is 0.00334. The third kappa shape index (κ3) is 4.20. The Morgan fingerprint density at radius 1 is 1.41 bits per heavy atom. The number of benzene rings is 1. The van der Waals surface area contributed by atoms with Crippen molar-refractivity contribution in [1.82, 2.24) is 19.5 Å². The van der Waals surface area contributed by atoms with Crippen LogP contribution >= 0.6 is 11.8 Å². The van der Waals surface area contributed by atoms with Crippen LogP contribution in [0.4, 0.5) is 0 Å². The molecular weight excluding hydrogens is 362 g/mol. The number of rotatable bonds is 7. The zero-order chi connectivity index (χ0) is 19.2. The number of nitrogens with zero attached hydrogens (tertiary/aromatic N) is 4. The molecule has 7 nitrogen and oxygen atoms in total. The van der Waals surface area contributed by atoms with Gasteiger partial charge in [-0.2, -0.15) is 5.26 Å². The van der Waals surface area contributed by atoms with Crippen LogP contribution in [-0.2, 0) is 6.54 Å². The van der Waals surface area contributed by atoms with Gasteiger partial charge in [-0.05, 0) is 30.9 Å². The van der Waals surface area contributed by atoms with Crippen molar-refractivity contribution in [3.05, 3.63) is 58.4 Å². The molecule has 0 amide bonds. The second-order valence-electron chi connectivity index (χ2n) is 5.82. The first kappa shape index (κ1) is 18.7. The van der Waals surface area contributed by atoms with Crippen LogP contribution in [0.25, 0.3) is 11.3 Å². The first-order chi connectivity index (χ1) is 13.2. The van der Waals surface area contributed by atoms with Gasteiger partial charge in [0, 0.05) is 23.5 Å². The van der Waals surface area contributed by atoms with Gasteiger partial charge in [0.15, 0.2) is 5.16 Å². The number of H-pyrrole nitrogens is 1. The molecule has 1 aromatic carbocycles. The molecule has 1 N–H and O–H groups in total. The van der Waals surface area contributed by atoms with E-state index in [0.29, 0.717) is 29.6 Å². The number of nitriles is 1. The second-order valence-corrected chi connectivity index (χ2v) is 6.61. The molecule has 2 heterocycles. The number of hydrogen-bond acceptors (Lipinski definition) is 6. The number of imidazole rings is 1.